The van der Waals surface area contributed by atoms with Crippen molar-refractivity contribution >= 4 is 17.6 Å². The zero-order valence-corrected chi connectivity index (χ0v) is 24.6. The van der Waals surface area contributed by atoms with Crippen molar-refractivity contribution in [3.05, 3.63) is 55.1 Å². The van der Waals surface area contributed by atoms with Gasteiger partial charge < -0.3 is 19.5 Å². The summed E-state index contributed by atoms with van der Waals surface area (Å²) in [5, 5.41) is 3.00. The molecule has 0 aliphatic carbocycles. The van der Waals surface area contributed by atoms with Crippen LogP contribution in [0.25, 0.3) is 0 Å². The first-order valence-electron chi connectivity index (χ1n) is 14.9. The van der Waals surface area contributed by atoms with Crippen molar-refractivity contribution in [2.45, 2.75) is 122 Å². The van der Waals surface area contributed by atoms with Gasteiger partial charge in [0.2, 0.25) is 0 Å². The molecule has 0 aromatic heterocycles. The molecule has 0 radical (unpaired) electrons. The van der Waals surface area contributed by atoms with Crippen LogP contribution in [0, 0.1) is 0 Å². The molecule has 0 spiro atoms. The van der Waals surface area contributed by atoms with Crippen LogP contribution in [-0.2, 0) is 30.2 Å². The molecule has 0 aliphatic heterocycles. The zero-order chi connectivity index (χ0) is 28.6. The highest BCUT2D eigenvalue weighted by Gasteiger charge is 2.24. The number of hydrogen-bond donors (Lipinski definition) is 1. The maximum atomic E-state index is 13.3. The van der Waals surface area contributed by atoms with Gasteiger partial charge in [0, 0.05) is 32.7 Å². The van der Waals surface area contributed by atoms with E-state index in [1.54, 1.807) is 14.2 Å². The van der Waals surface area contributed by atoms with E-state index in [-0.39, 0.29) is 11.9 Å². The Morgan fingerprint density at radius 3 is 1.92 bits per heavy atom. The summed E-state index contributed by atoms with van der Waals surface area (Å²) in [7, 11) is 3.18. The van der Waals surface area contributed by atoms with E-state index in [2.05, 4.69) is 18.5 Å². The second-order valence-electron chi connectivity index (χ2n) is 10.2. The largest absolute Gasteiger partial charge is 0.452 e. The summed E-state index contributed by atoms with van der Waals surface area (Å²) in [4.78, 5) is 26.0. The third-order valence-corrected chi connectivity index (χ3v) is 6.92. The number of allylic oxidation sites excluding steroid dienone is 2. The number of amides is 1. The highest BCUT2D eigenvalue weighted by atomic mass is 16.7. The highest BCUT2D eigenvalue weighted by molar-refractivity contribution is 5.96. The van der Waals surface area contributed by atoms with Gasteiger partial charge in [-0.3, -0.25) is 9.59 Å². The summed E-state index contributed by atoms with van der Waals surface area (Å²) in [6.07, 6.45) is 19.2. The SMILES string of the molecule is C=CCCCCCCCCC(=O)OC(CCCCCCCCC=C)C(=O)Nc1ccccc1CC(OC)OC. The highest BCUT2D eigenvalue weighted by Crippen LogP contribution is 2.20. The summed E-state index contributed by atoms with van der Waals surface area (Å²) >= 11 is 0. The number of hydrogen-bond acceptors (Lipinski definition) is 5. The molecule has 0 saturated carbocycles. The van der Waals surface area contributed by atoms with Crippen molar-refractivity contribution in [1.29, 1.82) is 0 Å². The first kappa shape index (κ1) is 34.6. The van der Waals surface area contributed by atoms with Crippen LogP contribution < -0.4 is 5.32 Å². The topological polar surface area (TPSA) is 73.9 Å². The lowest BCUT2D eigenvalue weighted by Gasteiger charge is -2.20. The molecule has 1 aromatic rings. The number of carbonyl (C=O) groups excluding carboxylic acids is 2. The van der Waals surface area contributed by atoms with E-state index >= 15 is 0 Å². The van der Waals surface area contributed by atoms with Gasteiger partial charge in [0.25, 0.3) is 5.91 Å². The van der Waals surface area contributed by atoms with Crippen LogP contribution in [0.15, 0.2) is 49.6 Å². The number of nitrogens with one attached hydrogen (secondary N) is 1. The maximum absolute atomic E-state index is 13.3. The lowest BCUT2D eigenvalue weighted by Crippen LogP contribution is -2.33. The minimum Gasteiger partial charge on any atom is -0.452 e. The minimum absolute atomic E-state index is 0.282. The lowest BCUT2D eigenvalue weighted by molar-refractivity contribution is -0.154. The number of benzene rings is 1. The Balaban J connectivity index is 2.65. The Bertz CT molecular complexity index is 805. The van der Waals surface area contributed by atoms with Gasteiger partial charge in [0.15, 0.2) is 12.4 Å². The maximum Gasteiger partial charge on any atom is 0.306 e. The average Bonchev–Trinajstić information content (AvgIpc) is 2.94. The Labute approximate surface area is 237 Å². The lowest BCUT2D eigenvalue weighted by atomic mass is 10.0. The third-order valence-electron chi connectivity index (χ3n) is 6.92. The zero-order valence-electron chi connectivity index (χ0n) is 24.6. The normalized spacial score (nSPS) is 11.8. The molecule has 0 bridgehead atoms. The molecule has 0 aliphatic rings. The molecule has 39 heavy (non-hydrogen) atoms. The third kappa shape index (κ3) is 17.0. The number of rotatable bonds is 25. The predicted molar refractivity (Wildman–Crippen MR) is 161 cm³/mol. The number of para-hydroxylation sites is 1. The van der Waals surface area contributed by atoms with Gasteiger partial charge in [0.05, 0.1) is 0 Å². The van der Waals surface area contributed by atoms with Crippen LogP contribution in [0.4, 0.5) is 5.69 Å². The number of carbonyl (C=O) groups is 2. The summed E-state index contributed by atoms with van der Waals surface area (Å²) in [5.41, 5.74) is 1.58. The van der Waals surface area contributed by atoms with Crippen molar-refractivity contribution in [3.8, 4) is 0 Å². The van der Waals surface area contributed by atoms with Crippen molar-refractivity contribution in [2.75, 3.05) is 19.5 Å². The molecule has 1 aromatic carbocycles. The van der Waals surface area contributed by atoms with Gasteiger partial charge >= 0.3 is 5.97 Å². The molecular formula is C33H53NO5. The average molecular weight is 544 g/mol. The number of methoxy groups -OCH3 is 2. The molecule has 6 heteroatoms. The van der Waals surface area contributed by atoms with E-state index in [4.69, 9.17) is 14.2 Å². The van der Waals surface area contributed by atoms with Crippen LogP contribution in [0.2, 0.25) is 0 Å². The van der Waals surface area contributed by atoms with Crippen molar-refractivity contribution in [1.82, 2.24) is 0 Å². The van der Waals surface area contributed by atoms with Gasteiger partial charge in [-0.15, -0.1) is 13.2 Å². The van der Waals surface area contributed by atoms with E-state index < -0.39 is 12.4 Å². The molecule has 1 N–H and O–H groups in total. The molecule has 1 unspecified atom stereocenters. The first-order chi connectivity index (χ1) is 19.0. The molecule has 1 atom stereocenters. The minimum atomic E-state index is -0.800. The number of esters is 1. The quantitative estimate of drug-likeness (QED) is 0.0581. The number of unbranched alkanes of at least 4 members (excludes halogenated alkanes) is 12. The van der Waals surface area contributed by atoms with Crippen molar-refractivity contribution < 1.29 is 23.8 Å². The van der Waals surface area contributed by atoms with Gasteiger partial charge in [-0.05, 0) is 56.6 Å². The van der Waals surface area contributed by atoms with E-state index in [9.17, 15) is 9.59 Å². The standard InChI is InChI=1S/C33H53NO5/c1-5-7-9-11-13-15-17-19-25-30(39-31(35)26-20-18-16-14-12-10-8-6-2)33(36)34-29-24-22-21-23-28(29)27-32(37-3)38-4/h5-6,21-24,30,32H,1-2,7-20,25-27H2,3-4H3,(H,34,36). The molecule has 1 amide bonds. The van der Waals surface area contributed by atoms with E-state index in [0.717, 1.165) is 56.9 Å². The molecule has 0 heterocycles. The van der Waals surface area contributed by atoms with Crippen LogP contribution in [0.5, 0.6) is 0 Å². The van der Waals surface area contributed by atoms with Gasteiger partial charge in [-0.2, -0.15) is 0 Å². The number of anilines is 1. The fourth-order valence-corrected chi connectivity index (χ4v) is 4.53. The number of ether oxygens (including phenoxy) is 3. The Morgan fingerprint density at radius 1 is 0.795 bits per heavy atom. The van der Waals surface area contributed by atoms with Crippen molar-refractivity contribution in [3.63, 3.8) is 0 Å². The predicted octanol–water partition coefficient (Wildman–Crippen LogP) is 8.31. The summed E-state index contributed by atoms with van der Waals surface area (Å²) < 4.78 is 16.4. The smallest absolute Gasteiger partial charge is 0.306 e. The van der Waals surface area contributed by atoms with Gasteiger partial charge in [-0.25, -0.2) is 0 Å². The molecule has 6 nitrogen and oxygen atoms in total. The molecule has 1 rings (SSSR count). The van der Waals surface area contributed by atoms with Gasteiger partial charge in [-0.1, -0.05) is 81.7 Å². The first-order valence-corrected chi connectivity index (χ1v) is 14.9. The van der Waals surface area contributed by atoms with E-state index in [0.29, 0.717) is 24.9 Å². The van der Waals surface area contributed by atoms with E-state index in [1.165, 1.54) is 38.5 Å². The Hall–Kier alpha value is -2.44. The van der Waals surface area contributed by atoms with Crippen LogP contribution in [0.3, 0.4) is 0 Å². The fraction of sp³-hybridized carbons (Fsp3) is 0.636. The monoisotopic (exact) mass is 543 g/mol. The fourth-order valence-electron chi connectivity index (χ4n) is 4.53. The van der Waals surface area contributed by atoms with Crippen LogP contribution in [0.1, 0.15) is 108 Å². The van der Waals surface area contributed by atoms with E-state index in [1.807, 2.05) is 36.4 Å². The molecular weight excluding hydrogens is 490 g/mol. The summed E-state index contributed by atoms with van der Waals surface area (Å²) in [6.45, 7) is 7.53. The Kier molecular flexibility index (Phi) is 20.8. The summed E-state index contributed by atoms with van der Waals surface area (Å²) in [6, 6.07) is 7.58. The second kappa shape index (κ2) is 23.4. The van der Waals surface area contributed by atoms with Crippen LogP contribution in [-0.4, -0.2) is 38.5 Å². The van der Waals surface area contributed by atoms with Crippen molar-refractivity contribution in [2.24, 2.45) is 0 Å². The molecule has 220 valence electrons. The molecule has 0 saturated heterocycles. The molecule has 0 fully saturated rings. The summed E-state index contributed by atoms with van der Waals surface area (Å²) in [5.74, 6) is -0.575. The van der Waals surface area contributed by atoms with Gasteiger partial charge in [0.1, 0.15) is 0 Å². The van der Waals surface area contributed by atoms with Crippen LogP contribution >= 0.6 is 0 Å². The second-order valence-corrected chi connectivity index (χ2v) is 10.2. The Morgan fingerprint density at radius 2 is 1.33 bits per heavy atom.